The van der Waals surface area contributed by atoms with Crippen molar-refractivity contribution in [1.82, 2.24) is 19.9 Å². The van der Waals surface area contributed by atoms with Crippen LogP contribution < -0.4 is 10.6 Å². The van der Waals surface area contributed by atoms with Crippen LogP contribution in [0.4, 0.5) is 10.3 Å². The first-order chi connectivity index (χ1) is 8.69. The van der Waals surface area contributed by atoms with Crippen molar-refractivity contribution in [2.24, 2.45) is 0 Å². The van der Waals surface area contributed by atoms with E-state index in [0.717, 1.165) is 6.42 Å². The molecule has 0 saturated heterocycles. The molecule has 0 aliphatic heterocycles. The standard InChI is InChI=1S/C11H14FN5O/c1-2-5-13-10(18)6-14-11-15-9-4-3-8(12)7-17(9)16-11/h3-4,7H,2,5-6H2,1H3,(H,13,18)(H,14,16). The summed E-state index contributed by atoms with van der Waals surface area (Å²) in [6.07, 6.45) is 2.11. The zero-order valence-electron chi connectivity index (χ0n) is 9.98. The summed E-state index contributed by atoms with van der Waals surface area (Å²) in [7, 11) is 0. The van der Waals surface area contributed by atoms with Crippen LogP contribution >= 0.6 is 0 Å². The maximum absolute atomic E-state index is 12.9. The first-order valence-electron chi connectivity index (χ1n) is 5.71. The molecule has 2 N–H and O–H groups in total. The van der Waals surface area contributed by atoms with E-state index in [-0.39, 0.29) is 18.3 Å². The Hall–Kier alpha value is -2.18. The Kier molecular flexibility index (Phi) is 3.71. The number of pyridine rings is 1. The van der Waals surface area contributed by atoms with E-state index in [1.165, 1.54) is 22.8 Å². The van der Waals surface area contributed by atoms with Gasteiger partial charge in [0.05, 0.1) is 12.7 Å². The number of hydrogen-bond acceptors (Lipinski definition) is 4. The highest BCUT2D eigenvalue weighted by atomic mass is 19.1. The number of rotatable bonds is 5. The molecule has 0 aliphatic rings. The quantitative estimate of drug-likeness (QED) is 0.824. The lowest BCUT2D eigenvalue weighted by molar-refractivity contribution is -0.119. The second-order valence-corrected chi connectivity index (χ2v) is 3.79. The van der Waals surface area contributed by atoms with Gasteiger partial charge in [-0.1, -0.05) is 6.92 Å². The van der Waals surface area contributed by atoms with Crippen LogP contribution in [-0.4, -0.2) is 33.6 Å². The molecule has 0 saturated carbocycles. The summed E-state index contributed by atoms with van der Waals surface area (Å²) in [4.78, 5) is 15.4. The Labute approximate surface area is 103 Å². The van der Waals surface area contributed by atoms with Gasteiger partial charge in [0.1, 0.15) is 5.82 Å². The Morgan fingerprint density at radius 2 is 2.33 bits per heavy atom. The number of amides is 1. The maximum Gasteiger partial charge on any atom is 0.243 e. The largest absolute Gasteiger partial charge is 0.355 e. The van der Waals surface area contributed by atoms with Crippen molar-refractivity contribution in [3.05, 3.63) is 24.1 Å². The van der Waals surface area contributed by atoms with Gasteiger partial charge in [0.15, 0.2) is 5.65 Å². The third-order valence-electron chi connectivity index (χ3n) is 2.27. The summed E-state index contributed by atoms with van der Waals surface area (Å²) in [6.45, 7) is 2.72. The van der Waals surface area contributed by atoms with Gasteiger partial charge < -0.3 is 10.6 Å². The number of fused-ring (bicyclic) bond motifs is 1. The van der Waals surface area contributed by atoms with Crippen LogP contribution in [0.1, 0.15) is 13.3 Å². The van der Waals surface area contributed by atoms with Gasteiger partial charge in [0, 0.05) is 6.54 Å². The van der Waals surface area contributed by atoms with E-state index in [4.69, 9.17) is 0 Å². The maximum atomic E-state index is 12.9. The van der Waals surface area contributed by atoms with E-state index >= 15 is 0 Å². The highest BCUT2D eigenvalue weighted by Crippen LogP contribution is 2.06. The van der Waals surface area contributed by atoms with E-state index in [2.05, 4.69) is 20.7 Å². The van der Waals surface area contributed by atoms with E-state index in [9.17, 15) is 9.18 Å². The zero-order chi connectivity index (χ0) is 13.0. The van der Waals surface area contributed by atoms with E-state index in [1.807, 2.05) is 6.92 Å². The molecule has 96 valence electrons. The van der Waals surface area contributed by atoms with E-state index in [1.54, 1.807) is 0 Å². The summed E-state index contributed by atoms with van der Waals surface area (Å²) in [5.41, 5.74) is 0.521. The number of hydrogen-bond donors (Lipinski definition) is 2. The molecule has 0 atom stereocenters. The van der Waals surface area contributed by atoms with Gasteiger partial charge in [-0.2, -0.15) is 4.98 Å². The summed E-state index contributed by atoms with van der Waals surface area (Å²) in [5.74, 6) is -0.214. The second-order valence-electron chi connectivity index (χ2n) is 3.79. The van der Waals surface area contributed by atoms with E-state index < -0.39 is 0 Å². The predicted octanol–water partition coefficient (Wildman–Crippen LogP) is 0.806. The molecule has 0 spiro atoms. The molecule has 2 rings (SSSR count). The molecule has 0 fully saturated rings. The summed E-state index contributed by atoms with van der Waals surface area (Å²) in [6, 6.07) is 2.83. The van der Waals surface area contributed by atoms with Crippen LogP contribution in [0.25, 0.3) is 5.65 Å². The number of anilines is 1. The normalized spacial score (nSPS) is 10.6. The molecule has 0 aromatic carbocycles. The molecule has 0 unspecified atom stereocenters. The van der Waals surface area contributed by atoms with Crippen LogP contribution in [0.15, 0.2) is 18.3 Å². The van der Waals surface area contributed by atoms with Crippen molar-refractivity contribution in [2.75, 3.05) is 18.4 Å². The fraction of sp³-hybridized carbons (Fsp3) is 0.364. The van der Waals surface area contributed by atoms with Gasteiger partial charge in [-0.3, -0.25) is 4.79 Å². The summed E-state index contributed by atoms with van der Waals surface area (Å²) < 4.78 is 14.2. The number of aromatic nitrogens is 3. The number of carbonyl (C=O) groups is 1. The SMILES string of the molecule is CCCNC(=O)CNc1nc2ccc(F)cn2n1. The molecule has 18 heavy (non-hydrogen) atoms. The molecule has 6 nitrogen and oxygen atoms in total. The molecule has 0 aliphatic carbocycles. The Bertz CT molecular complexity index is 553. The van der Waals surface area contributed by atoms with Crippen LogP contribution in [0, 0.1) is 5.82 Å². The highest BCUT2D eigenvalue weighted by Gasteiger charge is 2.05. The minimum Gasteiger partial charge on any atom is -0.355 e. The topological polar surface area (TPSA) is 71.3 Å². The van der Waals surface area contributed by atoms with Gasteiger partial charge in [-0.15, -0.1) is 5.10 Å². The third kappa shape index (κ3) is 2.93. The predicted molar refractivity (Wildman–Crippen MR) is 64.7 cm³/mol. The van der Waals surface area contributed by atoms with Gasteiger partial charge >= 0.3 is 0 Å². The first kappa shape index (κ1) is 12.3. The average molecular weight is 251 g/mol. The van der Waals surface area contributed by atoms with Crippen LogP contribution in [0.2, 0.25) is 0 Å². The molecular formula is C11H14FN5O. The van der Waals surface area contributed by atoms with Crippen molar-refractivity contribution in [3.8, 4) is 0 Å². The molecule has 7 heteroatoms. The Balaban J connectivity index is 1.97. The summed E-state index contributed by atoms with van der Waals surface area (Å²) in [5, 5.41) is 9.51. The molecule has 2 heterocycles. The molecule has 0 bridgehead atoms. The number of carbonyl (C=O) groups excluding carboxylic acids is 1. The molecule has 0 radical (unpaired) electrons. The van der Waals surface area contributed by atoms with Gasteiger partial charge in [0.2, 0.25) is 11.9 Å². The minimum absolute atomic E-state index is 0.0966. The lowest BCUT2D eigenvalue weighted by Crippen LogP contribution is -2.30. The summed E-state index contributed by atoms with van der Waals surface area (Å²) >= 11 is 0. The molecular weight excluding hydrogens is 237 g/mol. The van der Waals surface area contributed by atoms with Crippen molar-refractivity contribution >= 4 is 17.5 Å². The number of nitrogens with one attached hydrogen (secondary N) is 2. The molecule has 1 amide bonds. The van der Waals surface area contributed by atoms with Crippen molar-refractivity contribution < 1.29 is 9.18 Å². The average Bonchev–Trinajstić information content (AvgIpc) is 2.75. The van der Waals surface area contributed by atoms with Crippen molar-refractivity contribution in [2.45, 2.75) is 13.3 Å². The number of halogens is 1. The number of nitrogens with zero attached hydrogens (tertiary/aromatic N) is 3. The minimum atomic E-state index is -0.389. The lowest BCUT2D eigenvalue weighted by atomic mass is 10.4. The van der Waals surface area contributed by atoms with Crippen LogP contribution in [0.3, 0.4) is 0 Å². The first-order valence-corrected chi connectivity index (χ1v) is 5.71. The van der Waals surface area contributed by atoms with Crippen LogP contribution in [0.5, 0.6) is 0 Å². The van der Waals surface area contributed by atoms with Gasteiger partial charge in [0.25, 0.3) is 0 Å². The lowest BCUT2D eigenvalue weighted by Gasteiger charge is -2.02. The highest BCUT2D eigenvalue weighted by molar-refractivity contribution is 5.80. The van der Waals surface area contributed by atoms with Gasteiger partial charge in [-0.25, -0.2) is 8.91 Å². The van der Waals surface area contributed by atoms with Crippen LogP contribution in [-0.2, 0) is 4.79 Å². The Morgan fingerprint density at radius 3 is 3.11 bits per heavy atom. The zero-order valence-corrected chi connectivity index (χ0v) is 9.98. The van der Waals surface area contributed by atoms with Crippen molar-refractivity contribution in [3.63, 3.8) is 0 Å². The Morgan fingerprint density at radius 1 is 1.50 bits per heavy atom. The fourth-order valence-electron chi connectivity index (χ4n) is 1.42. The van der Waals surface area contributed by atoms with E-state index in [0.29, 0.717) is 18.1 Å². The molecule has 2 aromatic heterocycles. The second kappa shape index (κ2) is 5.44. The monoisotopic (exact) mass is 251 g/mol. The third-order valence-corrected chi connectivity index (χ3v) is 2.27. The molecule has 2 aromatic rings. The van der Waals surface area contributed by atoms with Gasteiger partial charge in [-0.05, 0) is 18.6 Å². The fourth-order valence-corrected chi connectivity index (χ4v) is 1.42. The smallest absolute Gasteiger partial charge is 0.243 e. The van der Waals surface area contributed by atoms with Crippen molar-refractivity contribution in [1.29, 1.82) is 0 Å².